The lowest BCUT2D eigenvalue weighted by molar-refractivity contribution is 0.411. The monoisotopic (exact) mass is 523 g/mol. The molecule has 0 unspecified atom stereocenters. The van der Waals surface area contributed by atoms with Gasteiger partial charge in [0.25, 0.3) is 0 Å². The van der Waals surface area contributed by atoms with Crippen LogP contribution in [0, 0.1) is 0 Å². The SMILES string of the molecule is CCCCc1cn(-c2c(CCC)cccc2OC)c(=O)n1Cc1ccc(-c2cccnc2-c2nn[nH]n2)cc1. The highest BCUT2D eigenvalue weighted by Gasteiger charge is 2.19. The summed E-state index contributed by atoms with van der Waals surface area (Å²) in [6.45, 7) is 4.79. The Balaban J connectivity index is 1.51. The fourth-order valence-corrected chi connectivity index (χ4v) is 4.94. The van der Waals surface area contributed by atoms with Crippen molar-refractivity contribution in [2.75, 3.05) is 7.11 Å². The van der Waals surface area contributed by atoms with Gasteiger partial charge in [0.2, 0.25) is 5.82 Å². The standard InChI is InChI=1S/C30H33N7O2/c1-4-6-11-24-20-37(28-23(9-5-2)10-7-13-26(28)39-3)30(38)36(24)19-21-14-16-22(17-15-21)25-12-8-18-31-27(25)29-32-34-35-33-29/h7-8,10,12-18,20H,4-6,9,11,19H2,1-3H3,(H,32,33,34,35). The van der Waals surface area contributed by atoms with Gasteiger partial charge in [0.05, 0.1) is 19.3 Å². The van der Waals surface area contributed by atoms with Crippen LogP contribution in [0.1, 0.15) is 49.9 Å². The van der Waals surface area contributed by atoms with E-state index in [1.54, 1.807) is 17.9 Å². The van der Waals surface area contributed by atoms with E-state index in [-0.39, 0.29) is 5.69 Å². The Bertz CT molecular complexity index is 1580. The average molecular weight is 524 g/mol. The predicted octanol–water partition coefficient (Wildman–Crippen LogP) is 5.23. The largest absolute Gasteiger partial charge is 0.495 e. The molecule has 0 atom stereocenters. The molecule has 2 aromatic carbocycles. The van der Waals surface area contributed by atoms with Gasteiger partial charge in [-0.2, -0.15) is 5.21 Å². The Kier molecular flexibility index (Phi) is 7.96. The molecule has 9 nitrogen and oxygen atoms in total. The van der Waals surface area contributed by atoms with Gasteiger partial charge in [-0.3, -0.25) is 14.1 Å². The van der Waals surface area contributed by atoms with Gasteiger partial charge in [-0.25, -0.2) is 4.79 Å². The number of ether oxygens (including phenoxy) is 1. The summed E-state index contributed by atoms with van der Waals surface area (Å²) < 4.78 is 9.36. The average Bonchev–Trinajstić information content (AvgIpc) is 3.61. The molecule has 3 heterocycles. The maximum absolute atomic E-state index is 13.9. The maximum atomic E-state index is 13.9. The summed E-state index contributed by atoms with van der Waals surface area (Å²) in [6, 6.07) is 18.1. The zero-order valence-electron chi connectivity index (χ0n) is 22.6. The molecule has 0 bridgehead atoms. The van der Waals surface area contributed by atoms with Crippen molar-refractivity contribution in [3.63, 3.8) is 0 Å². The van der Waals surface area contributed by atoms with Crippen LogP contribution < -0.4 is 10.4 Å². The molecule has 39 heavy (non-hydrogen) atoms. The van der Waals surface area contributed by atoms with Gasteiger partial charge in [0.1, 0.15) is 11.4 Å². The third kappa shape index (κ3) is 5.38. The Morgan fingerprint density at radius 3 is 2.54 bits per heavy atom. The van der Waals surface area contributed by atoms with Crippen molar-refractivity contribution < 1.29 is 4.74 Å². The smallest absolute Gasteiger partial charge is 0.333 e. The van der Waals surface area contributed by atoms with Crippen molar-refractivity contribution in [3.8, 4) is 34.1 Å². The van der Waals surface area contributed by atoms with E-state index in [0.717, 1.165) is 65.7 Å². The molecule has 5 rings (SSSR count). The van der Waals surface area contributed by atoms with Crippen LogP contribution in [0.25, 0.3) is 28.3 Å². The summed E-state index contributed by atoms with van der Waals surface area (Å²) in [5, 5.41) is 14.3. The Morgan fingerprint density at radius 2 is 1.82 bits per heavy atom. The first kappa shape index (κ1) is 26.1. The zero-order chi connectivity index (χ0) is 27.2. The van der Waals surface area contributed by atoms with Crippen LogP contribution in [0.2, 0.25) is 0 Å². The molecule has 5 aromatic rings. The minimum atomic E-state index is -0.0568. The van der Waals surface area contributed by atoms with Crippen LogP contribution in [0.4, 0.5) is 0 Å². The minimum absolute atomic E-state index is 0.0568. The molecule has 200 valence electrons. The second-order valence-corrected chi connectivity index (χ2v) is 9.51. The molecule has 0 fully saturated rings. The van der Waals surface area contributed by atoms with Crippen molar-refractivity contribution in [1.82, 2.24) is 34.7 Å². The number of aromatic amines is 1. The van der Waals surface area contributed by atoms with Gasteiger partial charge in [-0.15, -0.1) is 10.2 Å². The third-order valence-corrected chi connectivity index (χ3v) is 6.88. The lowest BCUT2D eigenvalue weighted by Gasteiger charge is -2.13. The van der Waals surface area contributed by atoms with Crippen LogP contribution in [0.5, 0.6) is 5.75 Å². The highest BCUT2D eigenvalue weighted by atomic mass is 16.5. The molecule has 0 spiro atoms. The summed E-state index contributed by atoms with van der Waals surface area (Å²) in [4.78, 5) is 18.3. The highest BCUT2D eigenvalue weighted by Crippen LogP contribution is 2.29. The number of imidazole rings is 1. The fraction of sp³-hybridized carbons (Fsp3) is 0.300. The second kappa shape index (κ2) is 11.9. The number of nitrogens with zero attached hydrogens (tertiary/aromatic N) is 6. The van der Waals surface area contributed by atoms with Crippen LogP contribution in [0.15, 0.2) is 71.8 Å². The highest BCUT2D eigenvalue weighted by molar-refractivity contribution is 5.77. The lowest BCUT2D eigenvalue weighted by atomic mass is 10.0. The summed E-state index contributed by atoms with van der Waals surface area (Å²) in [7, 11) is 1.66. The summed E-state index contributed by atoms with van der Waals surface area (Å²) >= 11 is 0. The van der Waals surface area contributed by atoms with Crippen LogP contribution >= 0.6 is 0 Å². The summed E-state index contributed by atoms with van der Waals surface area (Å²) in [5.74, 6) is 1.15. The molecule has 0 radical (unpaired) electrons. The zero-order valence-corrected chi connectivity index (χ0v) is 22.6. The number of H-pyrrole nitrogens is 1. The summed E-state index contributed by atoms with van der Waals surface area (Å²) in [6.07, 6.45) is 8.46. The van der Waals surface area contributed by atoms with E-state index in [4.69, 9.17) is 4.74 Å². The van der Waals surface area contributed by atoms with Crippen molar-refractivity contribution in [2.24, 2.45) is 0 Å². The van der Waals surface area contributed by atoms with Crippen molar-refractivity contribution in [2.45, 2.75) is 52.5 Å². The number of unbranched alkanes of at least 4 members (excludes halogenated alkanes) is 1. The van der Waals surface area contributed by atoms with E-state index in [0.29, 0.717) is 23.8 Å². The maximum Gasteiger partial charge on any atom is 0.333 e. The number of rotatable bonds is 11. The number of pyridine rings is 1. The normalized spacial score (nSPS) is 11.2. The number of methoxy groups -OCH3 is 1. The topological polar surface area (TPSA) is 104 Å². The Labute approximate surface area is 227 Å². The lowest BCUT2D eigenvalue weighted by Crippen LogP contribution is -2.25. The molecule has 0 aliphatic heterocycles. The molecule has 9 heteroatoms. The van der Waals surface area contributed by atoms with Gasteiger partial charge in [0.15, 0.2) is 0 Å². The van der Waals surface area contributed by atoms with Crippen LogP contribution in [-0.4, -0.2) is 41.9 Å². The molecular weight excluding hydrogens is 490 g/mol. The van der Waals surface area contributed by atoms with Crippen molar-refractivity contribution >= 4 is 0 Å². The van der Waals surface area contributed by atoms with Gasteiger partial charge in [-0.1, -0.05) is 69.2 Å². The Morgan fingerprint density at radius 1 is 0.974 bits per heavy atom. The van der Waals surface area contributed by atoms with Gasteiger partial charge >= 0.3 is 5.69 Å². The van der Waals surface area contributed by atoms with Crippen LogP contribution in [0.3, 0.4) is 0 Å². The van der Waals surface area contributed by atoms with Gasteiger partial charge < -0.3 is 4.74 Å². The molecule has 3 aromatic heterocycles. The quantitative estimate of drug-likeness (QED) is 0.254. The molecule has 0 amide bonds. The molecule has 0 saturated heterocycles. The van der Waals surface area contributed by atoms with E-state index in [2.05, 4.69) is 57.7 Å². The van der Waals surface area contributed by atoms with E-state index in [9.17, 15) is 4.79 Å². The van der Waals surface area contributed by atoms with Crippen LogP contribution in [-0.2, 0) is 19.4 Å². The Hall–Kier alpha value is -4.53. The molecule has 0 aliphatic carbocycles. The first-order chi connectivity index (χ1) is 19.1. The number of aryl methyl sites for hydroxylation is 2. The first-order valence-corrected chi connectivity index (χ1v) is 13.4. The summed E-state index contributed by atoms with van der Waals surface area (Å²) in [5.41, 5.74) is 6.51. The van der Waals surface area contributed by atoms with Gasteiger partial charge in [-0.05, 0) is 53.3 Å². The second-order valence-electron chi connectivity index (χ2n) is 9.51. The first-order valence-electron chi connectivity index (χ1n) is 13.4. The van der Waals surface area contributed by atoms with E-state index < -0.39 is 0 Å². The number of hydrogen-bond acceptors (Lipinski definition) is 6. The molecule has 0 aliphatic rings. The number of para-hydroxylation sites is 1. The van der Waals surface area contributed by atoms with Crippen molar-refractivity contribution in [1.29, 1.82) is 0 Å². The number of hydrogen-bond donors (Lipinski definition) is 1. The number of aromatic nitrogens is 7. The molecule has 0 saturated carbocycles. The number of tetrazole rings is 1. The van der Waals surface area contributed by atoms with E-state index >= 15 is 0 Å². The third-order valence-electron chi connectivity index (χ3n) is 6.88. The molecular formula is C30H33N7O2. The molecule has 1 N–H and O–H groups in total. The van der Waals surface area contributed by atoms with E-state index in [1.807, 2.05) is 47.2 Å². The van der Waals surface area contributed by atoms with Gasteiger partial charge in [0, 0.05) is 23.7 Å². The number of benzene rings is 2. The van der Waals surface area contributed by atoms with Crippen molar-refractivity contribution in [3.05, 3.63) is 94.3 Å². The van der Waals surface area contributed by atoms with E-state index in [1.165, 1.54) is 0 Å². The minimum Gasteiger partial charge on any atom is -0.495 e. The predicted molar refractivity (Wildman–Crippen MR) is 151 cm³/mol. The number of nitrogens with one attached hydrogen (secondary N) is 1. The fourth-order valence-electron chi connectivity index (χ4n) is 4.94.